The average Bonchev–Trinajstić information content (AvgIpc) is 2.42. The average molecular weight is 266 g/mol. The van der Waals surface area contributed by atoms with E-state index in [1.165, 1.54) is 11.1 Å². The maximum Gasteiger partial charge on any atom is 0.123 e. The van der Waals surface area contributed by atoms with Gasteiger partial charge in [-0.1, -0.05) is 17.7 Å². The maximum absolute atomic E-state index is 5.36. The Balaban J connectivity index is 2.17. The van der Waals surface area contributed by atoms with Crippen LogP contribution in [0, 0.1) is 6.92 Å². The molecule has 0 bridgehead atoms. The molecule has 0 spiro atoms. The van der Waals surface area contributed by atoms with E-state index in [0.717, 1.165) is 45.0 Å². The van der Waals surface area contributed by atoms with E-state index in [0.29, 0.717) is 0 Å². The molecule has 0 fully saturated rings. The zero-order valence-electron chi connectivity index (χ0n) is 12.3. The minimum atomic E-state index is 0.772. The summed E-state index contributed by atoms with van der Waals surface area (Å²) < 4.78 is 10.3. The Morgan fingerprint density at radius 2 is 1.84 bits per heavy atom. The number of hydrogen-bond donors (Lipinski definition) is 2. The molecule has 4 nitrogen and oxygen atoms in total. The minimum absolute atomic E-state index is 0.772. The van der Waals surface area contributed by atoms with Crippen LogP contribution in [-0.2, 0) is 11.3 Å². The summed E-state index contributed by atoms with van der Waals surface area (Å²) in [6.07, 6.45) is 1.11. The highest BCUT2D eigenvalue weighted by molar-refractivity contribution is 5.36. The van der Waals surface area contributed by atoms with Crippen LogP contribution in [0.3, 0.4) is 0 Å². The first-order valence-electron chi connectivity index (χ1n) is 6.82. The molecule has 1 aromatic rings. The van der Waals surface area contributed by atoms with Gasteiger partial charge in [-0.05, 0) is 32.5 Å². The Hall–Kier alpha value is -1.10. The molecule has 2 N–H and O–H groups in total. The molecule has 1 rings (SSSR count). The molecule has 0 aliphatic rings. The fourth-order valence-corrected chi connectivity index (χ4v) is 1.91. The van der Waals surface area contributed by atoms with Crippen molar-refractivity contribution in [1.29, 1.82) is 0 Å². The molecule has 0 atom stereocenters. The van der Waals surface area contributed by atoms with E-state index in [4.69, 9.17) is 9.47 Å². The van der Waals surface area contributed by atoms with Crippen molar-refractivity contribution in [2.75, 3.05) is 40.5 Å². The fraction of sp³-hybridized carbons (Fsp3) is 0.600. The Morgan fingerprint density at radius 3 is 2.58 bits per heavy atom. The quantitative estimate of drug-likeness (QED) is 0.633. The van der Waals surface area contributed by atoms with Crippen molar-refractivity contribution in [3.63, 3.8) is 0 Å². The van der Waals surface area contributed by atoms with Crippen LogP contribution in [0.5, 0.6) is 5.75 Å². The van der Waals surface area contributed by atoms with Crippen molar-refractivity contribution in [3.8, 4) is 5.75 Å². The zero-order chi connectivity index (χ0) is 13.9. The van der Waals surface area contributed by atoms with Crippen molar-refractivity contribution in [3.05, 3.63) is 29.3 Å². The highest BCUT2D eigenvalue weighted by atomic mass is 16.5. The van der Waals surface area contributed by atoms with E-state index in [2.05, 4.69) is 29.7 Å². The van der Waals surface area contributed by atoms with Gasteiger partial charge >= 0.3 is 0 Å². The summed E-state index contributed by atoms with van der Waals surface area (Å²) in [5.74, 6) is 0.955. The molecule has 0 heterocycles. The molecule has 4 heteroatoms. The van der Waals surface area contributed by atoms with E-state index in [-0.39, 0.29) is 0 Å². The van der Waals surface area contributed by atoms with Crippen LogP contribution in [0.4, 0.5) is 0 Å². The molecule has 0 unspecified atom stereocenters. The van der Waals surface area contributed by atoms with Gasteiger partial charge in [-0.2, -0.15) is 0 Å². The summed E-state index contributed by atoms with van der Waals surface area (Å²) in [7, 11) is 3.44. The van der Waals surface area contributed by atoms with E-state index in [1.807, 2.05) is 6.07 Å². The van der Waals surface area contributed by atoms with Gasteiger partial charge in [-0.3, -0.25) is 0 Å². The molecule has 108 valence electrons. The highest BCUT2D eigenvalue weighted by Gasteiger charge is 2.02. The van der Waals surface area contributed by atoms with Crippen LogP contribution in [0.1, 0.15) is 17.5 Å². The summed E-state index contributed by atoms with van der Waals surface area (Å²) in [5, 5.41) is 6.77. The second-order valence-electron chi connectivity index (χ2n) is 4.59. The predicted octanol–water partition coefficient (Wildman–Crippen LogP) is 1.72. The van der Waals surface area contributed by atoms with Gasteiger partial charge in [0.1, 0.15) is 5.75 Å². The van der Waals surface area contributed by atoms with Crippen molar-refractivity contribution >= 4 is 0 Å². The van der Waals surface area contributed by atoms with Gasteiger partial charge in [-0.15, -0.1) is 0 Å². The molecular formula is C15H26N2O2. The van der Waals surface area contributed by atoms with E-state index < -0.39 is 0 Å². The third-order valence-electron chi connectivity index (χ3n) is 2.94. The Kier molecular flexibility index (Phi) is 8.21. The lowest BCUT2D eigenvalue weighted by Crippen LogP contribution is -2.24. The van der Waals surface area contributed by atoms with Crippen LogP contribution in [-0.4, -0.2) is 40.5 Å². The lowest BCUT2D eigenvalue weighted by atomic mass is 10.1. The van der Waals surface area contributed by atoms with Crippen molar-refractivity contribution in [2.45, 2.75) is 19.9 Å². The van der Waals surface area contributed by atoms with Crippen molar-refractivity contribution < 1.29 is 9.47 Å². The third kappa shape index (κ3) is 6.57. The second kappa shape index (κ2) is 9.78. The first-order chi connectivity index (χ1) is 9.27. The summed E-state index contributed by atoms with van der Waals surface area (Å²) in [5.41, 5.74) is 2.48. The molecular weight excluding hydrogens is 240 g/mol. The first kappa shape index (κ1) is 16.0. The minimum Gasteiger partial charge on any atom is -0.496 e. The first-order valence-corrected chi connectivity index (χ1v) is 6.82. The largest absolute Gasteiger partial charge is 0.496 e. The Labute approximate surface area is 116 Å². The normalized spacial score (nSPS) is 10.7. The number of hydrogen-bond acceptors (Lipinski definition) is 4. The molecule has 0 aliphatic heterocycles. The Morgan fingerprint density at radius 1 is 1.05 bits per heavy atom. The number of nitrogens with one attached hydrogen (secondary N) is 2. The van der Waals surface area contributed by atoms with Crippen molar-refractivity contribution in [1.82, 2.24) is 10.6 Å². The smallest absolute Gasteiger partial charge is 0.123 e. The number of aryl methyl sites for hydroxylation is 1. The Bertz CT molecular complexity index is 356. The molecule has 0 radical (unpaired) electrons. The summed E-state index contributed by atoms with van der Waals surface area (Å²) >= 11 is 0. The predicted molar refractivity (Wildman–Crippen MR) is 78.8 cm³/mol. The monoisotopic (exact) mass is 266 g/mol. The molecule has 0 saturated heterocycles. The number of rotatable bonds is 10. The van der Waals surface area contributed by atoms with Crippen LogP contribution in [0.25, 0.3) is 0 Å². The standard InChI is InChI=1S/C15H26N2O2/c1-13-5-6-15(19-3)14(11-13)12-17-8-4-7-16-9-10-18-2/h5-6,11,16-17H,4,7-10,12H2,1-3H3. The maximum atomic E-state index is 5.36. The van der Waals surface area contributed by atoms with Crippen LogP contribution < -0.4 is 15.4 Å². The molecule has 0 amide bonds. The van der Waals surface area contributed by atoms with E-state index in [9.17, 15) is 0 Å². The molecule has 0 saturated carbocycles. The molecule has 19 heavy (non-hydrogen) atoms. The van der Waals surface area contributed by atoms with Gasteiger partial charge in [0.25, 0.3) is 0 Å². The van der Waals surface area contributed by atoms with Gasteiger partial charge in [-0.25, -0.2) is 0 Å². The van der Waals surface area contributed by atoms with E-state index >= 15 is 0 Å². The van der Waals surface area contributed by atoms with Crippen LogP contribution in [0.15, 0.2) is 18.2 Å². The molecule has 1 aromatic carbocycles. The molecule has 0 aliphatic carbocycles. The SMILES string of the molecule is COCCNCCCNCc1cc(C)ccc1OC. The number of methoxy groups -OCH3 is 2. The number of benzene rings is 1. The van der Waals surface area contributed by atoms with Gasteiger partial charge < -0.3 is 20.1 Å². The summed E-state index contributed by atoms with van der Waals surface area (Å²) in [6, 6.07) is 6.27. The third-order valence-corrected chi connectivity index (χ3v) is 2.94. The lowest BCUT2D eigenvalue weighted by molar-refractivity contribution is 0.199. The topological polar surface area (TPSA) is 42.5 Å². The second-order valence-corrected chi connectivity index (χ2v) is 4.59. The highest BCUT2D eigenvalue weighted by Crippen LogP contribution is 2.19. The van der Waals surface area contributed by atoms with Gasteiger partial charge in [0.2, 0.25) is 0 Å². The zero-order valence-corrected chi connectivity index (χ0v) is 12.3. The fourth-order valence-electron chi connectivity index (χ4n) is 1.91. The van der Waals surface area contributed by atoms with Gasteiger partial charge in [0.15, 0.2) is 0 Å². The van der Waals surface area contributed by atoms with E-state index in [1.54, 1.807) is 14.2 Å². The van der Waals surface area contributed by atoms with Crippen LogP contribution >= 0.6 is 0 Å². The molecule has 0 aromatic heterocycles. The van der Waals surface area contributed by atoms with Gasteiger partial charge in [0.05, 0.1) is 13.7 Å². The summed E-state index contributed by atoms with van der Waals surface area (Å²) in [4.78, 5) is 0. The van der Waals surface area contributed by atoms with Crippen molar-refractivity contribution in [2.24, 2.45) is 0 Å². The van der Waals surface area contributed by atoms with Gasteiger partial charge in [0, 0.05) is 25.8 Å². The lowest BCUT2D eigenvalue weighted by Gasteiger charge is -2.11. The summed E-state index contributed by atoms with van der Waals surface area (Å²) in [6.45, 7) is 6.65. The van der Waals surface area contributed by atoms with Crippen LogP contribution in [0.2, 0.25) is 0 Å². The number of ether oxygens (including phenoxy) is 2.